The maximum atomic E-state index is 12.1. The Hall–Kier alpha value is -2.82. The summed E-state index contributed by atoms with van der Waals surface area (Å²) < 4.78 is 1.69. The van der Waals surface area contributed by atoms with Crippen molar-refractivity contribution in [2.24, 2.45) is 0 Å². The van der Waals surface area contributed by atoms with Crippen molar-refractivity contribution in [2.75, 3.05) is 5.73 Å². The molecule has 0 unspecified atom stereocenters. The topological polar surface area (TPSA) is 72.4 Å². The van der Waals surface area contributed by atoms with Crippen LogP contribution in [0.4, 0.5) is 5.82 Å². The number of hydrogen-bond acceptors (Lipinski definition) is 3. The number of imidazole rings is 1. The number of rotatable bonds is 3. The summed E-state index contributed by atoms with van der Waals surface area (Å²) >= 11 is 0. The van der Waals surface area contributed by atoms with Crippen molar-refractivity contribution in [3.05, 3.63) is 66.0 Å². The van der Waals surface area contributed by atoms with Gasteiger partial charge in [0, 0.05) is 12.7 Å². The molecule has 3 aromatic rings. The van der Waals surface area contributed by atoms with Gasteiger partial charge in [0.25, 0.3) is 5.91 Å². The molecule has 0 saturated carbocycles. The molecule has 2 heterocycles. The molecule has 0 bridgehead atoms. The van der Waals surface area contributed by atoms with Gasteiger partial charge in [-0.05, 0) is 17.7 Å². The zero-order valence-corrected chi connectivity index (χ0v) is 10.8. The molecule has 0 saturated heterocycles. The number of amides is 1. The molecule has 0 spiro atoms. The van der Waals surface area contributed by atoms with Crippen LogP contribution in [0.15, 0.2) is 54.7 Å². The maximum Gasteiger partial charge on any atom is 0.274 e. The van der Waals surface area contributed by atoms with Crippen molar-refractivity contribution in [2.45, 2.75) is 6.54 Å². The first-order valence-corrected chi connectivity index (χ1v) is 6.30. The predicted octanol–water partition coefficient (Wildman–Crippen LogP) is 1.85. The lowest BCUT2D eigenvalue weighted by molar-refractivity contribution is 0.0947. The molecule has 1 amide bonds. The molecule has 5 heteroatoms. The third kappa shape index (κ3) is 2.21. The summed E-state index contributed by atoms with van der Waals surface area (Å²) in [7, 11) is 0. The van der Waals surface area contributed by atoms with Crippen LogP contribution in [0, 0.1) is 0 Å². The number of pyridine rings is 1. The number of aromatic nitrogens is 2. The Balaban J connectivity index is 1.81. The first-order valence-electron chi connectivity index (χ1n) is 6.30. The van der Waals surface area contributed by atoms with Crippen LogP contribution in [-0.2, 0) is 6.54 Å². The van der Waals surface area contributed by atoms with E-state index in [1.54, 1.807) is 10.6 Å². The average molecular weight is 266 g/mol. The molecule has 0 atom stereocenters. The average Bonchev–Trinajstić information content (AvgIpc) is 2.84. The van der Waals surface area contributed by atoms with Crippen molar-refractivity contribution >= 4 is 17.4 Å². The van der Waals surface area contributed by atoms with Crippen molar-refractivity contribution in [1.29, 1.82) is 0 Å². The zero-order chi connectivity index (χ0) is 13.9. The van der Waals surface area contributed by atoms with Crippen LogP contribution in [0.5, 0.6) is 0 Å². The van der Waals surface area contributed by atoms with Gasteiger partial charge in [0.15, 0.2) is 5.69 Å². The molecular weight excluding hydrogens is 252 g/mol. The van der Waals surface area contributed by atoms with Crippen molar-refractivity contribution in [1.82, 2.24) is 14.7 Å². The number of nitrogens with two attached hydrogens (primary N) is 1. The van der Waals surface area contributed by atoms with Gasteiger partial charge in [-0.1, -0.05) is 36.4 Å². The van der Waals surface area contributed by atoms with Gasteiger partial charge in [-0.15, -0.1) is 0 Å². The molecule has 3 N–H and O–H groups in total. The van der Waals surface area contributed by atoms with Crippen LogP contribution < -0.4 is 11.1 Å². The summed E-state index contributed by atoms with van der Waals surface area (Å²) in [5.41, 5.74) is 7.90. The third-order valence-electron chi connectivity index (χ3n) is 3.08. The van der Waals surface area contributed by atoms with E-state index < -0.39 is 0 Å². The van der Waals surface area contributed by atoms with Gasteiger partial charge in [-0.25, -0.2) is 4.98 Å². The van der Waals surface area contributed by atoms with Crippen LogP contribution in [0.2, 0.25) is 0 Å². The molecule has 0 aliphatic carbocycles. The quantitative estimate of drug-likeness (QED) is 0.760. The lowest BCUT2D eigenvalue weighted by atomic mass is 10.2. The first kappa shape index (κ1) is 12.2. The molecule has 5 nitrogen and oxygen atoms in total. The third-order valence-corrected chi connectivity index (χ3v) is 3.08. The van der Waals surface area contributed by atoms with Crippen molar-refractivity contribution < 1.29 is 4.79 Å². The molecule has 0 fully saturated rings. The van der Waals surface area contributed by atoms with E-state index in [0.29, 0.717) is 18.0 Å². The largest absolute Gasteiger partial charge is 0.383 e. The minimum atomic E-state index is -0.268. The SMILES string of the molecule is Nc1c(C(=O)NCc2ccccc2)nc2ccccn12. The van der Waals surface area contributed by atoms with Gasteiger partial charge in [-0.3, -0.25) is 9.20 Å². The van der Waals surface area contributed by atoms with E-state index in [-0.39, 0.29) is 11.6 Å². The maximum absolute atomic E-state index is 12.1. The smallest absolute Gasteiger partial charge is 0.274 e. The second-order valence-electron chi connectivity index (χ2n) is 4.44. The van der Waals surface area contributed by atoms with Gasteiger partial charge >= 0.3 is 0 Å². The van der Waals surface area contributed by atoms with E-state index >= 15 is 0 Å². The zero-order valence-electron chi connectivity index (χ0n) is 10.8. The van der Waals surface area contributed by atoms with Crippen LogP contribution in [-0.4, -0.2) is 15.3 Å². The van der Waals surface area contributed by atoms with Gasteiger partial charge in [0.1, 0.15) is 11.5 Å². The standard InChI is InChI=1S/C15H14N4O/c16-14-13(18-12-8-4-5-9-19(12)14)15(20)17-10-11-6-2-1-3-7-11/h1-9H,10,16H2,(H,17,20). The van der Waals surface area contributed by atoms with Crippen molar-refractivity contribution in [3.8, 4) is 0 Å². The summed E-state index contributed by atoms with van der Waals surface area (Å²) in [5, 5.41) is 2.82. The number of nitrogens with zero attached hydrogens (tertiary/aromatic N) is 2. The van der Waals surface area contributed by atoms with E-state index in [2.05, 4.69) is 10.3 Å². The number of carbonyl (C=O) groups excluding carboxylic acids is 1. The second kappa shape index (κ2) is 5.05. The highest BCUT2D eigenvalue weighted by molar-refractivity contribution is 5.97. The van der Waals surface area contributed by atoms with Crippen molar-refractivity contribution in [3.63, 3.8) is 0 Å². The Kier molecular flexibility index (Phi) is 3.09. The Bertz CT molecular complexity index is 749. The molecule has 0 aliphatic rings. The van der Waals surface area contributed by atoms with E-state index in [9.17, 15) is 4.79 Å². The summed E-state index contributed by atoms with van der Waals surface area (Å²) in [4.78, 5) is 16.4. The summed E-state index contributed by atoms with van der Waals surface area (Å²) in [6.45, 7) is 0.451. The highest BCUT2D eigenvalue weighted by atomic mass is 16.1. The van der Waals surface area contributed by atoms with Gasteiger partial charge < -0.3 is 11.1 Å². The van der Waals surface area contributed by atoms with E-state index in [1.165, 1.54) is 0 Å². The van der Waals surface area contributed by atoms with Crippen LogP contribution in [0.3, 0.4) is 0 Å². The fourth-order valence-electron chi connectivity index (χ4n) is 2.04. The summed E-state index contributed by atoms with van der Waals surface area (Å²) in [6.07, 6.45) is 1.78. The van der Waals surface area contributed by atoms with E-state index in [4.69, 9.17) is 5.73 Å². The van der Waals surface area contributed by atoms with Crippen LogP contribution in [0.1, 0.15) is 16.1 Å². The van der Waals surface area contributed by atoms with E-state index in [1.807, 2.05) is 48.5 Å². The molecule has 0 radical (unpaired) electrons. The van der Waals surface area contributed by atoms with Gasteiger partial charge in [0.2, 0.25) is 0 Å². The predicted molar refractivity (Wildman–Crippen MR) is 77.2 cm³/mol. The second-order valence-corrected chi connectivity index (χ2v) is 4.44. The number of fused-ring (bicyclic) bond motifs is 1. The fraction of sp³-hybridized carbons (Fsp3) is 0.0667. The molecular formula is C15H14N4O. The minimum Gasteiger partial charge on any atom is -0.383 e. The Morgan fingerprint density at radius 3 is 2.65 bits per heavy atom. The van der Waals surface area contributed by atoms with Crippen LogP contribution in [0.25, 0.3) is 5.65 Å². The highest BCUT2D eigenvalue weighted by Gasteiger charge is 2.15. The Morgan fingerprint density at radius 1 is 1.15 bits per heavy atom. The number of benzene rings is 1. The number of carbonyl (C=O) groups is 1. The molecule has 20 heavy (non-hydrogen) atoms. The fourth-order valence-corrected chi connectivity index (χ4v) is 2.04. The summed E-state index contributed by atoms with van der Waals surface area (Å²) in [6, 6.07) is 15.2. The number of nitrogen functional groups attached to an aromatic ring is 1. The Labute approximate surface area is 116 Å². The molecule has 100 valence electrons. The highest BCUT2D eigenvalue weighted by Crippen LogP contribution is 2.14. The Morgan fingerprint density at radius 2 is 1.90 bits per heavy atom. The van der Waals surface area contributed by atoms with Gasteiger partial charge in [-0.2, -0.15) is 0 Å². The van der Waals surface area contributed by atoms with Crippen LogP contribution >= 0.6 is 0 Å². The summed E-state index contributed by atoms with van der Waals surface area (Å²) in [5.74, 6) is 0.0845. The first-order chi connectivity index (χ1) is 9.75. The molecule has 2 aromatic heterocycles. The van der Waals surface area contributed by atoms with Gasteiger partial charge in [0.05, 0.1) is 0 Å². The molecule has 1 aromatic carbocycles. The molecule has 3 rings (SSSR count). The lowest BCUT2D eigenvalue weighted by Crippen LogP contribution is -2.24. The normalized spacial score (nSPS) is 10.6. The number of anilines is 1. The lowest BCUT2D eigenvalue weighted by Gasteiger charge is -2.03. The monoisotopic (exact) mass is 266 g/mol. The van der Waals surface area contributed by atoms with E-state index in [0.717, 1.165) is 5.56 Å². The number of nitrogens with one attached hydrogen (secondary N) is 1. The number of hydrogen-bond donors (Lipinski definition) is 2. The minimum absolute atomic E-state index is 0.257. The molecule has 0 aliphatic heterocycles.